The van der Waals surface area contributed by atoms with Crippen LogP contribution < -0.4 is 0 Å². The molecule has 1 aliphatic rings. The van der Waals surface area contributed by atoms with E-state index in [0.29, 0.717) is 6.42 Å². The maximum absolute atomic E-state index is 11.3. The van der Waals surface area contributed by atoms with Crippen LogP contribution >= 0.6 is 18.9 Å². The van der Waals surface area contributed by atoms with E-state index in [-0.39, 0.29) is 43.2 Å². The standard InChI is InChI=1S/C16H28O5P2/c1-2-9-19-16(18)8-6-4-3-5-7-12-13(11-17)15(21-23)10-14(12)20-22/h2-3,5,12-15,17H,1,4,6-11,22-23H2/b5-3-/t12-,13-,14+,15-/m1/s1. The predicted octanol–water partition coefficient (Wildman–Crippen LogP) is 2.81. The Morgan fingerprint density at radius 2 is 1.91 bits per heavy atom. The van der Waals surface area contributed by atoms with E-state index < -0.39 is 0 Å². The van der Waals surface area contributed by atoms with Crippen molar-refractivity contribution in [1.29, 1.82) is 0 Å². The molecule has 6 atom stereocenters. The molecule has 1 rings (SSSR count). The van der Waals surface area contributed by atoms with Crippen LogP contribution in [0.5, 0.6) is 0 Å². The fourth-order valence-electron chi connectivity index (χ4n) is 2.98. The fourth-order valence-corrected chi connectivity index (χ4v) is 3.61. The van der Waals surface area contributed by atoms with Gasteiger partial charge in [0.15, 0.2) is 0 Å². The molecule has 2 unspecified atom stereocenters. The van der Waals surface area contributed by atoms with E-state index in [1.807, 2.05) is 0 Å². The van der Waals surface area contributed by atoms with Gasteiger partial charge in [-0.25, -0.2) is 0 Å². The van der Waals surface area contributed by atoms with Crippen molar-refractivity contribution >= 4 is 24.9 Å². The van der Waals surface area contributed by atoms with Crippen molar-refractivity contribution in [3.63, 3.8) is 0 Å². The summed E-state index contributed by atoms with van der Waals surface area (Å²) in [5.41, 5.74) is 0. The van der Waals surface area contributed by atoms with Gasteiger partial charge in [0.2, 0.25) is 0 Å². The van der Waals surface area contributed by atoms with Gasteiger partial charge in [-0.2, -0.15) is 0 Å². The van der Waals surface area contributed by atoms with Gasteiger partial charge in [-0.05, 0) is 25.2 Å². The van der Waals surface area contributed by atoms with Crippen molar-refractivity contribution in [2.45, 2.75) is 44.3 Å². The Kier molecular flexibility index (Phi) is 10.9. The molecule has 0 saturated heterocycles. The highest BCUT2D eigenvalue weighted by atomic mass is 31.0. The largest absolute Gasteiger partial charge is 0.461 e. The van der Waals surface area contributed by atoms with Gasteiger partial charge in [0.05, 0.1) is 12.2 Å². The van der Waals surface area contributed by atoms with Crippen molar-refractivity contribution in [2.24, 2.45) is 11.8 Å². The number of allylic oxidation sites excluding steroid dienone is 2. The average molecular weight is 362 g/mol. The van der Waals surface area contributed by atoms with Gasteiger partial charge in [-0.15, -0.1) is 0 Å². The Morgan fingerprint density at radius 1 is 1.22 bits per heavy atom. The lowest BCUT2D eigenvalue weighted by Gasteiger charge is -2.22. The first-order valence-electron chi connectivity index (χ1n) is 7.91. The van der Waals surface area contributed by atoms with Crippen LogP contribution in [0.4, 0.5) is 0 Å². The summed E-state index contributed by atoms with van der Waals surface area (Å²) in [4.78, 5) is 11.3. The third kappa shape index (κ3) is 6.99. The number of carbonyl (C=O) groups excluding carboxylic acids is 1. The highest BCUT2D eigenvalue weighted by Gasteiger charge is 2.42. The average Bonchev–Trinajstić information content (AvgIpc) is 2.92. The van der Waals surface area contributed by atoms with Gasteiger partial charge in [0.25, 0.3) is 0 Å². The van der Waals surface area contributed by atoms with Gasteiger partial charge in [0.1, 0.15) is 6.61 Å². The Morgan fingerprint density at radius 3 is 2.52 bits per heavy atom. The van der Waals surface area contributed by atoms with Crippen LogP contribution in [0.1, 0.15) is 32.1 Å². The summed E-state index contributed by atoms with van der Waals surface area (Å²) < 4.78 is 15.7. The first kappa shape index (κ1) is 20.7. The summed E-state index contributed by atoms with van der Waals surface area (Å²) >= 11 is 0. The van der Waals surface area contributed by atoms with E-state index in [4.69, 9.17) is 13.8 Å². The lowest BCUT2D eigenvalue weighted by Crippen LogP contribution is -2.25. The fraction of sp³-hybridized carbons (Fsp3) is 0.688. The minimum Gasteiger partial charge on any atom is -0.461 e. The molecule has 0 aromatic heterocycles. The molecular weight excluding hydrogens is 334 g/mol. The predicted molar refractivity (Wildman–Crippen MR) is 96.6 cm³/mol. The van der Waals surface area contributed by atoms with Crippen LogP contribution in [0.15, 0.2) is 24.8 Å². The van der Waals surface area contributed by atoms with Crippen molar-refractivity contribution in [2.75, 3.05) is 13.2 Å². The van der Waals surface area contributed by atoms with E-state index in [2.05, 4.69) is 37.7 Å². The molecule has 0 aliphatic heterocycles. The molecule has 7 heteroatoms. The molecule has 0 heterocycles. The van der Waals surface area contributed by atoms with E-state index in [0.717, 1.165) is 25.7 Å². The highest BCUT2D eigenvalue weighted by Crippen LogP contribution is 2.40. The summed E-state index contributed by atoms with van der Waals surface area (Å²) in [5.74, 6) is 0.125. The molecule has 0 aromatic carbocycles. The molecule has 0 amide bonds. The quantitative estimate of drug-likeness (QED) is 0.265. The summed E-state index contributed by atoms with van der Waals surface area (Å²) in [5, 5.41) is 9.59. The summed E-state index contributed by atoms with van der Waals surface area (Å²) in [6.45, 7) is 3.87. The first-order chi connectivity index (χ1) is 11.2. The van der Waals surface area contributed by atoms with E-state index in [1.54, 1.807) is 6.08 Å². The molecule has 132 valence electrons. The lowest BCUT2D eigenvalue weighted by molar-refractivity contribution is -0.142. The van der Waals surface area contributed by atoms with Crippen molar-refractivity contribution in [3.8, 4) is 0 Å². The summed E-state index contributed by atoms with van der Waals surface area (Å²) in [6.07, 6.45) is 9.44. The zero-order valence-electron chi connectivity index (χ0n) is 13.4. The highest BCUT2D eigenvalue weighted by molar-refractivity contribution is 7.10. The van der Waals surface area contributed by atoms with Crippen LogP contribution in [0.25, 0.3) is 0 Å². The SMILES string of the molecule is C=CCOC(=O)CCC/C=C\C[C@@H]1[C@@H](CO)[C@H](OP)C[C@@H]1OP. The molecule has 0 bridgehead atoms. The number of rotatable bonds is 11. The Bertz CT molecular complexity index is 389. The minimum atomic E-state index is -0.189. The van der Waals surface area contributed by atoms with Gasteiger partial charge in [-0.3, -0.25) is 4.79 Å². The molecular formula is C16H28O5P2. The molecule has 5 nitrogen and oxygen atoms in total. The van der Waals surface area contributed by atoms with Crippen molar-refractivity contribution in [3.05, 3.63) is 24.8 Å². The third-order valence-corrected chi connectivity index (χ3v) is 4.92. The molecule has 1 aliphatic carbocycles. The minimum absolute atomic E-state index is 0.00794. The van der Waals surface area contributed by atoms with Crippen LogP contribution in [-0.2, 0) is 18.6 Å². The number of ether oxygens (including phenoxy) is 1. The Balaban J connectivity index is 2.31. The van der Waals surface area contributed by atoms with Crippen molar-refractivity contribution in [1.82, 2.24) is 0 Å². The van der Waals surface area contributed by atoms with Gasteiger partial charge < -0.3 is 18.9 Å². The number of aliphatic hydroxyl groups excluding tert-OH is 1. The molecule has 1 fully saturated rings. The molecule has 1 N–H and O–H groups in total. The third-order valence-electron chi connectivity index (χ3n) is 4.22. The number of aliphatic hydroxyl groups is 1. The molecule has 1 saturated carbocycles. The van der Waals surface area contributed by atoms with Crippen LogP contribution in [-0.4, -0.2) is 36.5 Å². The Hall–Kier alpha value is -0.310. The van der Waals surface area contributed by atoms with Crippen LogP contribution in [0.2, 0.25) is 0 Å². The van der Waals surface area contributed by atoms with Gasteiger partial charge in [-0.1, -0.05) is 24.8 Å². The topological polar surface area (TPSA) is 65.0 Å². The molecule has 23 heavy (non-hydrogen) atoms. The van der Waals surface area contributed by atoms with Gasteiger partial charge >= 0.3 is 5.97 Å². The first-order valence-corrected chi connectivity index (χ1v) is 8.85. The van der Waals surface area contributed by atoms with Crippen molar-refractivity contribution < 1.29 is 23.7 Å². The summed E-state index contributed by atoms with van der Waals surface area (Å²) in [7, 11) is 4.59. The molecule has 0 aromatic rings. The maximum Gasteiger partial charge on any atom is 0.306 e. The number of unbranched alkanes of at least 4 members (excludes halogenated alkanes) is 1. The Labute approximate surface area is 143 Å². The monoisotopic (exact) mass is 362 g/mol. The van der Waals surface area contributed by atoms with Gasteiger partial charge in [0, 0.05) is 44.3 Å². The molecule has 0 spiro atoms. The number of hydrogen-bond acceptors (Lipinski definition) is 5. The zero-order valence-corrected chi connectivity index (χ0v) is 15.7. The molecule has 0 radical (unpaired) electrons. The van der Waals surface area contributed by atoms with Crippen LogP contribution in [0, 0.1) is 11.8 Å². The second-order valence-electron chi connectivity index (χ2n) is 5.67. The zero-order chi connectivity index (χ0) is 17.1. The smallest absolute Gasteiger partial charge is 0.306 e. The lowest BCUT2D eigenvalue weighted by atomic mass is 9.91. The number of hydrogen-bond donors (Lipinski definition) is 1. The van der Waals surface area contributed by atoms with E-state index in [9.17, 15) is 9.90 Å². The normalized spacial score (nSPS) is 27.4. The second kappa shape index (κ2) is 12.1. The number of esters is 1. The second-order valence-corrected chi connectivity index (χ2v) is 6.21. The summed E-state index contributed by atoms with van der Waals surface area (Å²) in [6, 6.07) is 0. The van der Waals surface area contributed by atoms with E-state index in [1.165, 1.54) is 0 Å². The van der Waals surface area contributed by atoms with E-state index >= 15 is 0 Å². The van der Waals surface area contributed by atoms with Crippen LogP contribution in [0.3, 0.4) is 0 Å². The maximum atomic E-state index is 11.3. The number of carbonyl (C=O) groups is 1.